The number of thioether (sulfide) groups is 1. The van der Waals surface area contributed by atoms with Gasteiger partial charge in [-0.25, -0.2) is 4.98 Å². The zero-order chi connectivity index (χ0) is 14.7. The molecule has 0 amide bonds. The number of carboxylic acid groups (broad SMARTS) is 1. The minimum absolute atomic E-state index is 0.0106. The van der Waals surface area contributed by atoms with Gasteiger partial charge >= 0.3 is 5.97 Å². The number of aliphatic carboxylic acids is 1. The van der Waals surface area contributed by atoms with Crippen LogP contribution >= 0.6 is 11.8 Å². The Balaban J connectivity index is 1.81. The molecule has 0 aromatic carbocycles. The lowest BCUT2D eigenvalue weighted by molar-refractivity contribution is -0.133. The Hall–Kier alpha value is -1.60. The van der Waals surface area contributed by atoms with Gasteiger partial charge in [0.1, 0.15) is 5.52 Å². The second kappa shape index (κ2) is 6.44. The highest BCUT2D eigenvalue weighted by Crippen LogP contribution is 2.25. The molecule has 1 saturated heterocycles. The fourth-order valence-electron chi connectivity index (χ4n) is 2.56. The van der Waals surface area contributed by atoms with E-state index in [0.29, 0.717) is 6.10 Å². The van der Waals surface area contributed by atoms with E-state index in [4.69, 9.17) is 9.84 Å². The Bertz CT molecular complexity index is 637. The molecule has 6 nitrogen and oxygen atoms in total. The summed E-state index contributed by atoms with van der Waals surface area (Å²) in [5.74, 6) is -0.827. The van der Waals surface area contributed by atoms with Crippen LogP contribution in [0.25, 0.3) is 11.0 Å². The molecule has 1 aliphatic heterocycles. The normalized spacial score (nSPS) is 18.4. The van der Waals surface area contributed by atoms with Crippen molar-refractivity contribution in [1.29, 1.82) is 0 Å². The van der Waals surface area contributed by atoms with Crippen molar-refractivity contribution in [2.75, 3.05) is 12.4 Å². The van der Waals surface area contributed by atoms with Gasteiger partial charge in [-0.1, -0.05) is 11.8 Å². The van der Waals surface area contributed by atoms with Crippen molar-refractivity contribution in [3.8, 4) is 0 Å². The number of hydrogen-bond donors (Lipinski definition) is 1. The molecule has 1 N–H and O–H groups in total. The lowest BCUT2D eigenvalue weighted by Gasteiger charge is -2.12. The fourth-order valence-corrected chi connectivity index (χ4v) is 3.32. The molecule has 0 spiro atoms. The van der Waals surface area contributed by atoms with Crippen molar-refractivity contribution in [2.45, 2.75) is 37.1 Å². The molecule has 112 valence electrons. The Morgan fingerprint density at radius 1 is 1.57 bits per heavy atom. The number of rotatable bonds is 6. The quantitative estimate of drug-likeness (QED) is 0.824. The number of pyridine rings is 1. The lowest BCUT2D eigenvalue weighted by Crippen LogP contribution is -2.11. The molecule has 0 aliphatic carbocycles. The topological polar surface area (TPSA) is 77.2 Å². The van der Waals surface area contributed by atoms with Gasteiger partial charge in [-0.15, -0.1) is 0 Å². The summed E-state index contributed by atoms with van der Waals surface area (Å²) in [5.41, 5.74) is 1.80. The highest BCUT2D eigenvalue weighted by atomic mass is 32.2. The number of carbonyl (C=O) groups is 1. The molecule has 21 heavy (non-hydrogen) atoms. The van der Waals surface area contributed by atoms with Crippen LogP contribution in [-0.4, -0.2) is 44.1 Å². The van der Waals surface area contributed by atoms with Gasteiger partial charge in [0.15, 0.2) is 5.16 Å². The number of carboxylic acids is 1. The Morgan fingerprint density at radius 3 is 3.24 bits per heavy atom. The summed E-state index contributed by atoms with van der Waals surface area (Å²) in [4.78, 5) is 19.3. The second-order valence-electron chi connectivity index (χ2n) is 5.02. The molecule has 1 atom stereocenters. The van der Waals surface area contributed by atoms with Crippen LogP contribution in [-0.2, 0) is 16.1 Å². The number of imidazole rings is 1. The van der Waals surface area contributed by atoms with Crippen LogP contribution in [0.3, 0.4) is 0 Å². The van der Waals surface area contributed by atoms with Crippen molar-refractivity contribution in [1.82, 2.24) is 14.5 Å². The van der Waals surface area contributed by atoms with Crippen LogP contribution in [0.15, 0.2) is 23.6 Å². The summed E-state index contributed by atoms with van der Waals surface area (Å²) in [5, 5.41) is 9.59. The molecular weight excluding hydrogens is 290 g/mol. The predicted molar refractivity (Wildman–Crippen MR) is 79.5 cm³/mol. The maximum atomic E-state index is 10.8. The first-order chi connectivity index (χ1) is 10.2. The number of fused-ring (bicyclic) bond motifs is 1. The molecule has 7 heteroatoms. The first-order valence-corrected chi connectivity index (χ1v) is 7.99. The van der Waals surface area contributed by atoms with Crippen LogP contribution in [0.4, 0.5) is 0 Å². The average Bonchev–Trinajstić information content (AvgIpc) is 3.10. The molecule has 0 radical (unpaired) electrons. The molecular formula is C14H17N3O3S. The van der Waals surface area contributed by atoms with Crippen molar-refractivity contribution in [3.63, 3.8) is 0 Å². The highest BCUT2D eigenvalue weighted by Gasteiger charge is 2.18. The first-order valence-electron chi connectivity index (χ1n) is 7.00. The molecule has 1 fully saturated rings. The minimum Gasteiger partial charge on any atom is -0.481 e. The van der Waals surface area contributed by atoms with Gasteiger partial charge in [-0.05, 0) is 25.3 Å². The van der Waals surface area contributed by atoms with E-state index in [2.05, 4.69) is 14.5 Å². The smallest absolute Gasteiger partial charge is 0.313 e. The van der Waals surface area contributed by atoms with E-state index in [-0.39, 0.29) is 5.75 Å². The third kappa shape index (κ3) is 3.36. The van der Waals surface area contributed by atoms with Crippen LogP contribution in [0, 0.1) is 0 Å². The Morgan fingerprint density at radius 2 is 2.48 bits per heavy atom. The van der Waals surface area contributed by atoms with Gasteiger partial charge in [-0.2, -0.15) is 0 Å². The molecule has 3 heterocycles. The molecule has 0 bridgehead atoms. The van der Waals surface area contributed by atoms with E-state index in [1.807, 2.05) is 6.07 Å². The van der Waals surface area contributed by atoms with Crippen molar-refractivity contribution < 1.29 is 14.6 Å². The highest BCUT2D eigenvalue weighted by molar-refractivity contribution is 7.99. The van der Waals surface area contributed by atoms with Gasteiger partial charge in [0.05, 0.1) is 23.6 Å². The molecule has 0 saturated carbocycles. The van der Waals surface area contributed by atoms with Crippen molar-refractivity contribution in [3.05, 3.63) is 18.5 Å². The van der Waals surface area contributed by atoms with Crippen LogP contribution in [0.2, 0.25) is 0 Å². The SMILES string of the molecule is O=C(O)CSc1nc2cnccc2n1CCC1CCCO1. The summed E-state index contributed by atoms with van der Waals surface area (Å²) < 4.78 is 7.73. The van der Waals surface area contributed by atoms with Crippen molar-refractivity contribution in [2.24, 2.45) is 0 Å². The number of hydrogen-bond acceptors (Lipinski definition) is 5. The second-order valence-corrected chi connectivity index (χ2v) is 5.96. The number of aromatic nitrogens is 3. The van der Waals surface area contributed by atoms with Crippen LogP contribution in [0.1, 0.15) is 19.3 Å². The first kappa shape index (κ1) is 14.3. The summed E-state index contributed by atoms with van der Waals surface area (Å²) in [6, 6.07) is 1.92. The van der Waals surface area contributed by atoms with Gasteiger partial charge in [0, 0.05) is 19.3 Å². The predicted octanol–water partition coefficient (Wildman–Crippen LogP) is 2.18. The molecule has 3 rings (SSSR count). The summed E-state index contributed by atoms with van der Waals surface area (Å²) in [6.07, 6.45) is 6.91. The maximum absolute atomic E-state index is 10.8. The van der Waals surface area contributed by atoms with E-state index >= 15 is 0 Å². The van der Waals surface area contributed by atoms with Gasteiger partial charge < -0.3 is 14.4 Å². The van der Waals surface area contributed by atoms with Gasteiger partial charge in [0.2, 0.25) is 0 Å². The molecule has 1 unspecified atom stereocenters. The van der Waals surface area contributed by atoms with E-state index < -0.39 is 5.97 Å². The van der Waals surface area contributed by atoms with Gasteiger partial charge in [0.25, 0.3) is 0 Å². The molecule has 2 aromatic rings. The number of ether oxygens (including phenoxy) is 1. The average molecular weight is 307 g/mol. The van der Waals surface area contributed by atoms with E-state index in [0.717, 1.165) is 48.6 Å². The van der Waals surface area contributed by atoms with Gasteiger partial charge in [-0.3, -0.25) is 9.78 Å². The van der Waals surface area contributed by atoms with E-state index in [1.54, 1.807) is 12.4 Å². The van der Waals surface area contributed by atoms with Crippen LogP contribution in [0.5, 0.6) is 0 Å². The maximum Gasteiger partial charge on any atom is 0.313 e. The van der Waals surface area contributed by atoms with Crippen molar-refractivity contribution >= 4 is 28.8 Å². The minimum atomic E-state index is -0.837. The Kier molecular flexibility index (Phi) is 4.40. The Labute approximate surface area is 126 Å². The number of nitrogens with zero attached hydrogens (tertiary/aromatic N) is 3. The lowest BCUT2D eigenvalue weighted by atomic mass is 10.2. The molecule has 2 aromatic heterocycles. The standard InChI is InChI=1S/C14H17N3O3S/c18-13(19)9-21-14-16-11-8-15-5-3-12(11)17(14)6-4-10-2-1-7-20-10/h3,5,8,10H,1-2,4,6-7,9H2,(H,18,19). The van der Waals surface area contributed by atoms with E-state index in [1.165, 1.54) is 11.8 Å². The molecule has 1 aliphatic rings. The third-order valence-electron chi connectivity index (χ3n) is 3.54. The monoisotopic (exact) mass is 307 g/mol. The summed E-state index contributed by atoms with van der Waals surface area (Å²) in [7, 11) is 0. The fraction of sp³-hybridized carbons (Fsp3) is 0.500. The third-order valence-corrected chi connectivity index (χ3v) is 4.50. The number of aryl methyl sites for hydroxylation is 1. The largest absolute Gasteiger partial charge is 0.481 e. The zero-order valence-electron chi connectivity index (χ0n) is 11.6. The summed E-state index contributed by atoms with van der Waals surface area (Å²) in [6.45, 7) is 1.63. The van der Waals surface area contributed by atoms with E-state index in [9.17, 15) is 4.79 Å². The van der Waals surface area contributed by atoms with Crippen LogP contribution < -0.4 is 0 Å². The summed E-state index contributed by atoms with van der Waals surface area (Å²) >= 11 is 1.25. The zero-order valence-corrected chi connectivity index (χ0v) is 12.4.